The molecule has 16 heavy (non-hydrogen) atoms. The summed E-state index contributed by atoms with van der Waals surface area (Å²) in [4.78, 5) is 8.55. The summed E-state index contributed by atoms with van der Waals surface area (Å²) >= 11 is 6.51. The zero-order valence-corrected chi connectivity index (χ0v) is 10.0. The summed E-state index contributed by atoms with van der Waals surface area (Å²) < 4.78 is 0. The molecule has 0 bridgehead atoms. The third-order valence-electron chi connectivity index (χ3n) is 1.94. The summed E-state index contributed by atoms with van der Waals surface area (Å²) in [6, 6.07) is 3.74. The van der Waals surface area contributed by atoms with Gasteiger partial charge < -0.3 is 11.1 Å². The zero-order valence-electron chi connectivity index (χ0n) is 8.38. The normalized spacial score (nSPS) is 10.0. The van der Waals surface area contributed by atoms with E-state index in [1.54, 1.807) is 23.6 Å². The van der Waals surface area contributed by atoms with Crippen molar-refractivity contribution in [3.8, 4) is 0 Å². The second kappa shape index (κ2) is 5.00. The summed E-state index contributed by atoms with van der Waals surface area (Å²) in [6.07, 6.45) is 1.64. The lowest BCUT2D eigenvalue weighted by atomic mass is 10.3. The molecule has 0 aliphatic heterocycles. The van der Waals surface area contributed by atoms with Gasteiger partial charge in [0.2, 0.25) is 5.95 Å². The standard InChI is InChI=1S/C10H10N4S2/c11-9(15)8-1-3-12-10(14-8)13-5-7-2-4-16-6-7/h1-4,6H,5H2,(H2,11,15)(H,12,13,14). The van der Waals surface area contributed by atoms with Gasteiger partial charge in [-0.3, -0.25) is 0 Å². The fraction of sp³-hybridized carbons (Fsp3) is 0.100. The van der Waals surface area contributed by atoms with Crippen LogP contribution in [0.2, 0.25) is 0 Å². The molecule has 0 unspecified atom stereocenters. The first kappa shape index (κ1) is 11.0. The summed E-state index contributed by atoms with van der Waals surface area (Å²) in [6.45, 7) is 0.699. The first-order chi connectivity index (χ1) is 7.75. The highest BCUT2D eigenvalue weighted by Gasteiger charge is 2.01. The molecule has 0 saturated carbocycles. The van der Waals surface area contributed by atoms with Crippen LogP contribution in [0.15, 0.2) is 29.1 Å². The number of thiophene rings is 1. The molecule has 2 rings (SSSR count). The largest absolute Gasteiger partial charge is 0.388 e. The molecule has 2 aromatic rings. The lowest BCUT2D eigenvalue weighted by molar-refractivity contribution is 1.05. The van der Waals surface area contributed by atoms with Crippen molar-refractivity contribution in [1.29, 1.82) is 0 Å². The monoisotopic (exact) mass is 250 g/mol. The molecule has 0 atom stereocenters. The molecule has 2 aromatic heterocycles. The molecule has 0 spiro atoms. The number of nitrogens with one attached hydrogen (secondary N) is 1. The minimum atomic E-state index is 0.279. The topological polar surface area (TPSA) is 63.8 Å². The summed E-state index contributed by atoms with van der Waals surface area (Å²) in [5.41, 5.74) is 7.27. The van der Waals surface area contributed by atoms with Crippen molar-refractivity contribution in [2.45, 2.75) is 6.54 Å². The number of aromatic nitrogens is 2. The van der Waals surface area contributed by atoms with Gasteiger partial charge in [0.05, 0.1) is 0 Å². The maximum atomic E-state index is 5.49. The van der Waals surface area contributed by atoms with E-state index in [2.05, 4.69) is 26.7 Å². The molecule has 6 heteroatoms. The van der Waals surface area contributed by atoms with Crippen molar-refractivity contribution in [3.05, 3.63) is 40.3 Å². The Kier molecular flexibility index (Phi) is 3.43. The van der Waals surface area contributed by atoms with E-state index in [0.717, 1.165) is 0 Å². The van der Waals surface area contributed by atoms with Gasteiger partial charge in [0, 0.05) is 12.7 Å². The van der Waals surface area contributed by atoms with Gasteiger partial charge in [-0.05, 0) is 28.5 Å². The van der Waals surface area contributed by atoms with E-state index in [0.29, 0.717) is 18.2 Å². The van der Waals surface area contributed by atoms with Crippen molar-refractivity contribution in [1.82, 2.24) is 9.97 Å². The van der Waals surface area contributed by atoms with E-state index in [1.807, 2.05) is 5.38 Å². The summed E-state index contributed by atoms with van der Waals surface area (Å²) in [7, 11) is 0. The van der Waals surface area contributed by atoms with Crippen molar-refractivity contribution in [2.24, 2.45) is 5.73 Å². The molecule has 0 saturated heterocycles. The van der Waals surface area contributed by atoms with E-state index < -0.39 is 0 Å². The average Bonchev–Trinajstić information content (AvgIpc) is 2.79. The number of anilines is 1. The first-order valence-corrected chi connectivity index (χ1v) is 5.98. The molecule has 0 aliphatic carbocycles. The maximum absolute atomic E-state index is 5.49. The molecular weight excluding hydrogens is 240 g/mol. The lowest BCUT2D eigenvalue weighted by Gasteiger charge is -2.04. The average molecular weight is 250 g/mol. The Morgan fingerprint density at radius 1 is 1.50 bits per heavy atom. The molecule has 82 valence electrons. The molecule has 3 N–H and O–H groups in total. The predicted molar refractivity (Wildman–Crippen MR) is 69.6 cm³/mol. The molecule has 4 nitrogen and oxygen atoms in total. The van der Waals surface area contributed by atoms with Crippen molar-refractivity contribution < 1.29 is 0 Å². The fourth-order valence-electron chi connectivity index (χ4n) is 1.16. The fourth-order valence-corrected chi connectivity index (χ4v) is 1.94. The Morgan fingerprint density at radius 2 is 2.38 bits per heavy atom. The van der Waals surface area contributed by atoms with E-state index in [9.17, 15) is 0 Å². The highest BCUT2D eigenvalue weighted by molar-refractivity contribution is 7.80. The molecule has 2 heterocycles. The van der Waals surface area contributed by atoms with Crippen LogP contribution in [-0.2, 0) is 6.54 Å². The first-order valence-electron chi connectivity index (χ1n) is 4.63. The van der Waals surface area contributed by atoms with E-state index >= 15 is 0 Å². The van der Waals surface area contributed by atoms with Gasteiger partial charge in [0.25, 0.3) is 0 Å². The maximum Gasteiger partial charge on any atom is 0.223 e. The summed E-state index contributed by atoms with van der Waals surface area (Å²) in [5, 5.41) is 7.22. The van der Waals surface area contributed by atoms with E-state index in [4.69, 9.17) is 18.0 Å². The number of hydrogen-bond acceptors (Lipinski definition) is 5. The SMILES string of the molecule is NC(=S)c1ccnc(NCc2ccsc2)n1. The number of nitrogens with two attached hydrogens (primary N) is 1. The van der Waals surface area contributed by atoms with Crippen molar-refractivity contribution in [3.63, 3.8) is 0 Å². The number of thiocarbonyl (C=S) groups is 1. The van der Waals surface area contributed by atoms with Crippen LogP contribution in [0.25, 0.3) is 0 Å². The van der Waals surface area contributed by atoms with Crippen LogP contribution in [0, 0.1) is 0 Å². The van der Waals surface area contributed by atoms with Crippen LogP contribution in [0.1, 0.15) is 11.3 Å². The molecule has 0 amide bonds. The Hall–Kier alpha value is -1.53. The second-order valence-corrected chi connectivity index (χ2v) is 4.33. The highest BCUT2D eigenvalue weighted by atomic mass is 32.1. The predicted octanol–water partition coefficient (Wildman–Crippen LogP) is 1.78. The third kappa shape index (κ3) is 2.74. The second-order valence-electron chi connectivity index (χ2n) is 3.11. The third-order valence-corrected chi connectivity index (χ3v) is 2.88. The van der Waals surface area contributed by atoms with Gasteiger partial charge in [-0.25, -0.2) is 9.97 Å². The number of hydrogen-bond donors (Lipinski definition) is 2. The minimum absolute atomic E-state index is 0.279. The zero-order chi connectivity index (χ0) is 11.4. The van der Waals surface area contributed by atoms with Gasteiger partial charge in [-0.15, -0.1) is 0 Å². The smallest absolute Gasteiger partial charge is 0.223 e. The summed E-state index contributed by atoms with van der Waals surface area (Å²) in [5.74, 6) is 0.538. The molecule has 0 fully saturated rings. The van der Waals surface area contributed by atoms with Crippen LogP contribution in [0.4, 0.5) is 5.95 Å². The van der Waals surface area contributed by atoms with Crippen LogP contribution < -0.4 is 11.1 Å². The van der Waals surface area contributed by atoms with Gasteiger partial charge >= 0.3 is 0 Å². The number of nitrogens with zero attached hydrogens (tertiary/aromatic N) is 2. The Balaban J connectivity index is 2.04. The van der Waals surface area contributed by atoms with Crippen LogP contribution >= 0.6 is 23.6 Å². The van der Waals surface area contributed by atoms with Crippen molar-refractivity contribution >= 4 is 34.5 Å². The molecular formula is C10H10N4S2. The Labute approximate surface area is 103 Å². The van der Waals surface area contributed by atoms with Gasteiger partial charge in [-0.2, -0.15) is 11.3 Å². The van der Waals surface area contributed by atoms with E-state index in [1.165, 1.54) is 5.56 Å². The highest BCUT2D eigenvalue weighted by Crippen LogP contribution is 2.08. The van der Waals surface area contributed by atoms with E-state index in [-0.39, 0.29) is 4.99 Å². The molecule has 0 radical (unpaired) electrons. The molecule has 0 aromatic carbocycles. The van der Waals surface area contributed by atoms with Crippen LogP contribution in [0.3, 0.4) is 0 Å². The minimum Gasteiger partial charge on any atom is -0.388 e. The quantitative estimate of drug-likeness (QED) is 0.810. The Bertz CT molecular complexity index is 481. The van der Waals surface area contributed by atoms with Gasteiger partial charge in [0.1, 0.15) is 10.7 Å². The number of rotatable bonds is 4. The Morgan fingerprint density at radius 3 is 3.06 bits per heavy atom. The molecule has 0 aliphatic rings. The van der Waals surface area contributed by atoms with Gasteiger partial charge in [-0.1, -0.05) is 12.2 Å². The van der Waals surface area contributed by atoms with Crippen molar-refractivity contribution in [2.75, 3.05) is 5.32 Å². The van der Waals surface area contributed by atoms with Crippen LogP contribution in [0.5, 0.6) is 0 Å². The van der Waals surface area contributed by atoms with Gasteiger partial charge in [0.15, 0.2) is 0 Å². The lowest BCUT2D eigenvalue weighted by Crippen LogP contribution is -2.13. The van der Waals surface area contributed by atoms with Crippen LogP contribution in [-0.4, -0.2) is 15.0 Å².